The largest absolute Gasteiger partial charge is 0.348 e. The topological polar surface area (TPSA) is 55.1 Å². The zero-order valence-electron chi connectivity index (χ0n) is 9.96. The molecule has 1 aromatic carbocycles. The smallest absolute Gasteiger partial charge is 0.252 e. The number of rotatable bonds is 2. The molecule has 0 aliphatic heterocycles. The molecule has 1 saturated carbocycles. The molecule has 1 fully saturated rings. The highest BCUT2D eigenvalue weighted by Crippen LogP contribution is 2.22. The first kappa shape index (κ1) is 13.5. The van der Waals surface area contributed by atoms with Crippen LogP contribution in [0.15, 0.2) is 22.7 Å². The van der Waals surface area contributed by atoms with Gasteiger partial charge < -0.3 is 11.1 Å². The standard InChI is InChI=1S/C13H16BrFN2O/c14-12-8(4-3-5-9(12)15)13(18)17-11-7-2-1-6-10(11)16/h3-5,10-11H,1-2,6-7,16H2,(H,17,18)/t10-,11-/m1/s1. The molecular weight excluding hydrogens is 299 g/mol. The fraction of sp³-hybridized carbons (Fsp3) is 0.462. The number of nitrogens with two attached hydrogens (primary N) is 1. The summed E-state index contributed by atoms with van der Waals surface area (Å²) >= 11 is 3.09. The molecule has 1 aromatic rings. The second kappa shape index (κ2) is 5.80. The van der Waals surface area contributed by atoms with Gasteiger partial charge in [-0.3, -0.25) is 4.79 Å². The molecule has 18 heavy (non-hydrogen) atoms. The minimum atomic E-state index is -0.435. The van der Waals surface area contributed by atoms with Crippen LogP contribution in [0, 0.1) is 5.82 Å². The predicted molar refractivity (Wildman–Crippen MR) is 71.8 cm³/mol. The lowest BCUT2D eigenvalue weighted by Gasteiger charge is -2.29. The van der Waals surface area contributed by atoms with Gasteiger partial charge in [0.05, 0.1) is 10.0 Å². The fourth-order valence-electron chi connectivity index (χ4n) is 2.26. The van der Waals surface area contributed by atoms with Crippen LogP contribution in [0.3, 0.4) is 0 Å². The second-order valence-corrected chi connectivity index (χ2v) is 5.42. The Bertz CT molecular complexity index is 453. The molecule has 0 bridgehead atoms. The van der Waals surface area contributed by atoms with E-state index in [1.165, 1.54) is 12.1 Å². The number of carbonyl (C=O) groups excluding carboxylic acids is 1. The maximum atomic E-state index is 13.3. The summed E-state index contributed by atoms with van der Waals surface area (Å²) in [5, 5.41) is 2.89. The van der Waals surface area contributed by atoms with E-state index in [1.54, 1.807) is 6.07 Å². The summed E-state index contributed by atoms with van der Waals surface area (Å²) in [6, 6.07) is 4.41. The molecule has 1 aliphatic carbocycles. The van der Waals surface area contributed by atoms with Gasteiger partial charge in [-0.15, -0.1) is 0 Å². The van der Waals surface area contributed by atoms with Gasteiger partial charge in [-0.05, 0) is 40.9 Å². The zero-order valence-corrected chi connectivity index (χ0v) is 11.5. The lowest BCUT2D eigenvalue weighted by atomic mass is 9.91. The molecule has 3 nitrogen and oxygen atoms in total. The highest BCUT2D eigenvalue weighted by molar-refractivity contribution is 9.10. The second-order valence-electron chi connectivity index (χ2n) is 4.63. The average Bonchev–Trinajstić information content (AvgIpc) is 2.35. The molecule has 98 valence electrons. The third-order valence-corrected chi connectivity index (χ3v) is 4.14. The zero-order chi connectivity index (χ0) is 13.1. The summed E-state index contributed by atoms with van der Waals surface area (Å²) < 4.78 is 13.5. The van der Waals surface area contributed by atoms with Gasteiger partial charge in [-0.2, -0.15) is 0 Å². The molecule has 1 aliphatic rings. The van der Waals surface area contributed by atoms with Crippen molar-refractivity contribution in [3.8, 4) is 0 Å². The third kappa shape index (κ3) is 2.90. The van der Waals surface area contributed by atoms with E-state index in [4.69, 9.17) is 5.73 Å². The molecule has 0 radical (unpaired) electrons. The number of nitrogens with one attached hydrogen (secondary N) is 1. The Balaban J connectivity index is 2.09. The number of carbonyl (C=O) groups is 1. The fourth-order valence-corrected chi connectivity index (χ4v) is 2.71. The molecule has 0 unspecified atom stereocenters. The van der Waals surface area contributed by atoms with Crippen LogP contribution in [-0.2, 0) is 0 Å². The molecule has 2 atom stereocenters. The SMILES string of the molecule is N[C@@H]1CCCC[C@H]1NC(=O)c1cccc(F)c1Br. The van der Waals surface area contributed by atoms with Crippen LogP contribution in [0.1, 0.15) is 36.0 Å². The summed E-state index contributed by atoms with van der Waals surface area (Å²) in [4.78, 5) is 12.1. The molecule has 0 spiro atoms. The summed E-state index contributed by atoms with van der Waals surface area (Å²) in [6.07, 6.45) is 4.00. The molecule has 1 amide bonds. The Morgan fingerprint density at radius 3 is 2.83 bits per heavy atom. The van der Waals surface area contributed by atoms with Crippen molar-refractivity contribution in [3.05, 3.63) is 34.1 Å². The Morgan fingerprint density at radius 2 is 2.11 bits per heavy atom. The van der Waals surface area contributed by atoms with Crippen LogP contribution >= 0.6 is 15.9 Å². The van der Waals surface area contributed by atoms with Crippen molar-refractivity contribution in [2.45, 2.75) is 37.8 Å². The van der Waals surface area contributed by atoms with Crippen molar-refractivity contribution in [2.24, 2.45) is 5.73 Å². The monoisotopic (exact) mass is 314 g/mol. The van der Waals surface area contributed by atoms with Crippen LogP contribution in [0.25, 0.3) is 0 Å². The van der Waals surface area contributed by atoms with Crippen molar-refractivity contribution in [1.82, 2.24) is 5.32 Å². The predicted octanol–water partition coefficient (Wildman–Crippen LogP) is 2.59. The van der Waals surface area contributed by atoms with E-state index < -0.39 is 5.82 Å². The molecule has 0 saturated heterocycles. The molecular formula is C13H16BrFN2O. The molecule has 0 heterocycles. The highest BCUT2D eigenvalue weighted by atomic mass is 79.9. The number of halogens is 2. The first-order valence-electron chi connectivity index (χ1n) is 6.10. The van der Waals surface area contributed by atoms with Gasteiger partial charge in [0, 0.05) is 12.1 Å². The average molecular weight is 315 g/mol. The summed E-state index contributed by atoms with van der Waals surface area (Å²) in [5.74, 6) is -0.709. The quantitative estimate of drug-likeness (QED) is 0.881. The van der Waals surface area contributed by atoms with Crippen LogP contribution < -0.4 is 11.1 Å². The number of amides is 1. The Labute approximate surface area is 114 Å². The molecule has 2 rings (SSSR count). The molecule has 5 heteroatoms. The van der Waals surface area contributed by atoms with Crippen LogP contribution in [0.5, 0.6) is 0 Å². The lowest BCUT2D eigenvalue weighted by Crippen LogP contribution is -2.49. The van der Waals surface area contributed by atoms with Crippen LogP contribution in [-0.4, -0.2) is 18.0 Å². The van der Waals surface area contributed by atoms with E-state index in [-0.39, 0.29) is 22.5 Å². The van der Waals surface area contributed by atoms with E-state index >= 15 is 0 Å². The van der Waals surface area contributed by atoms with E-state index in [2.05, 4.69) is 21.2 Å². The van der Waals surface area contributed by atoms with Gasteiger partial charge in [-0.25, -0.2) is 4.39 Å². The van der Waals surface area contributed by atoms with Crippen LogP contribution in [0.4, 0.5) is 4.39 Å². The lowest BCUT2D eigenvalue weighted by molar-refractivity contribution is 0.0920. The van der Waals surface area contributed by atoms with Crippen molar-refractivity contribution in [1.29, 1.82) is 0 Å². The van der Waals surface area contributed by atoms with Crippen molar-refractivity contribution < 1.29 is 9.18 Å². The Hall–Kier alpha value is -0.940. The normalized spacial score (nSPS) is 23.7. The van der Waals surface area contributed by atoms with E-state index in [0.717, 1.165) is 25.7 Å². The first-order chi connectivity index (χ1) is 8.59. The van der Waals surface area contributed by atoms with Gasteiger partial charge in [0.15, 0.2) is 0 Å². The number of benzene rings is 1. The number of hydrogen-bond acceptors (Lipinski definition) is 2. The van der Waals surface area contributed by atoms with Crippen molar-refractivity contribution in [3.63, 3.8) is 0 Å². The Morgan fingerprint density at radius 1 is 1.39 bits per heavy atom. The van der Waals surface area contributed by atoms with Crippen molar-refractivity contribution >= 4 is 21.8 Å². The van der Waals surface area contributed by atoms with E-state index in [0.29, 0.717) is 5.56 Å². The minimum absolute atomic E-state index is 0.00460. The highest BCUT2D eigenvalue weighted by Gasteiger charge is 2.24. The van der Waals surface area contributed by atoms with Gasteiger partial charge in [0.2, 0.25) is 0 Å². The van der Waals surface area contributed by atoms with Gasteiger partial charge >= 0.3 is 0 Å². The third-order valence-electron chi connectivity index (χ3n) is 3.33. The van der Waals surface area contributed by atoms with Crippen molar-refractivity contribution in [2.75, 3.05) is 0 Å². The van der Waals surface area contributed by atoms with Gasteiger partial charge in [-0.1, -0.05) is 18.9 Å². The van der Waals surface area contributed by atoms with E-state index in [9.17, 15) is 9.18 Å². The molecule has 0 aromatic heterocycles. The van der Waals surface area contributed by atoms with Gasteiger partial charge in [0.1, 0.15) is 5.82 Å². The molecule has 3 N–H and O–H groups in total. The maximum Gasteiger partial charge on any atom is 0.252 e. The van der Waals surface area contributed by atoms with Gasteiger partial charge in [0.25, 0.3) is 5.91 Å². The van der Waals surface area contributed by atoms with E-state index in [1.807, 2.05) is 0 Å². The number of hydrogen-bond donors (Lipinski definition) is 2. The first-order valence-corrected chi connectivity index (χ1v) is 6.89. The maximum absolute atomic E-state index is 13.3. The minimum Gasteiger partial charge on any atom is -0.348 e. The summed E-state index contributed by atoms with van der Waals surface area (Å²) in [5.41, 5.74) is 6.29. The Kier molecular flexibility index (Phi) is 4.35. The van der Waals surface area contributed by atoms with Crippen LogP contribution in [0.2, 0.25) is 0 Å². The summed E-state index contributed by atoms with van der Waals surface area (Å²) in [6.45, 7) is 0. The summed E-state index contributed by atoms with van der Waals surface area (Å²) in [7, 11) is 0.